The maximum absolute atomic E-state index is 12.3. The Morgan fingerprint density at radius 1 is 1.24 bits per heavy atom. The molecule has 0 fully saturated rings. The summed E-state index contributed by atoms with van der Waals surface area (Å²) >= 11 is 0. The topological polar surface area (TPSA) is 88.0 Å². The molecular weight excluding hydrogens is 340 g/mol. The van der Waals surface area contributed by atoms with E-state index in [1.54, 1.807) is 42.5 Å². The van der Waals surface area contributed by atoms with E-state index in [1.165, 1.54) is 13.3 Å². The number of aromatic hydroxyl groups is 1. The van der Waals surface area contributed by atoms with Gasteiger partial charge in [-0.1, -0.05) is 32.0 Å². The van der Waals surface area contributed by atoms with E-state index in [1.807, 2.05) is 0 Å². The number of hydrogen-bond donors (Lipinski definition) is 2. The molecule has 134 valence electrons. The van der Waals surface area contributed by atoms with Crippen LogP contribution in [-0.2, 0) is 10.0 Å². The summed E-state index contributed by atoms with van der Waals surface area (Å²) in [6.45, 7) is 4.17. The predicted octanol–water partition coefficient (Wildman–Crippen LogP) is 3.23. The monoisotopic (exact) mass is 362 g/mol. The first kappa shape index (κ1) is 18.8. The third-order valence-electron chi connectivity index (χ3n) is 4.00. The van der Waals surface area contributed by atoms with Crippen molar-refractivity contribution in [2.24, 2.45) is 5.10 Å². The van der Waals surface area contributed by atoms with Gasteiger partial charge in [-0.3, -0.25) is 0 Å². The van der Waals surface area contributed by atoms with E-state index in [9.17, 15) is 13.5 Å². The Morgan fingerprint density at radius 2 is 1.92 bits per heavy atom. The molecule has 2 N–H and O–H groups in total. The van der Waals surface area contributed by atoms with Crippen molar-refractivity contribution in [3.8, 4) is 11.5 Å². The zero-order valence-corrected chi connectivity index (χ0v) is 15.2. The van der Waals surface area contributed by atoms with Crippen molar-refractivity contribution in [1.82, 2.24) is 4.83 Å². The summed E-state index contributed by atoms with van der Waals surface area (Å²) in [4.78, 5) is 2.27. The molecule has 2 rings (SSSR count). The van der Waals surface area contributed by atoms with E-state index in [-0.39, 0.29) is 16.4 Å². The van der Waals surface area contributed by atoms with Gasteiger partial charge in [-0.25, -0.2) is 4.83 Å². The molecule has 0 aliphatic heterocycles. The number of benzene rings is 2. The van der Waals surface area contributed by atoms with Crippen LogP contribution >= 0.6 is 0 Å². The van der Waals surface area contributed by atoms with Crippen LogP contribution in [0, 0.1) is 0 Å². The van der Waals surface area contributed by atoms with Crippen LogP contribution in [0.2, 0.25) is 0 Å². The maximum atomic E-state index is 12.3. The molecule has 0 heterocycles. The molecule has 7 heteroatoms. The number of rotatable bonds is 7. The lowest BCUT2D eigenvalue weighted by molar-refractivity contribution is 0.373. The van der Waals surface area contributed by atoms with Crippen LogP contribution in [0.4, 0.5) is 0 Å². The van der Waals surface area contributed by atoms with Crippen molar-refractivity contribution in [2.75, 3.05) is 7.11 Å². The number of hydrazone groups is 1. The molecular formula is C18H22N2O4S. The van der Waals surface area contributed by atoms with Gasteiger partial charge in [0.25, 0.3) is 10.0 Å². The standard InChI is InChI=1S/C18H22N2O4S/c1-4-13(2)14-8-10-16(11-9-14)25(22,23)20-19-12-15-6-5-7-17(24-3)18(15)21/h5-13,20-21H,4H2,1-3H3/b19-12-/t13-/m1/s1. The average molecular weight is 362 g/mol. The quantitative estimate of drug-likeness (QED) is 0.585. The number of ether oxygens (including phenoxy) is 1. The van der Waals surface area contributed by atoms with Gasteiger partial charge in [-0.05, 0) is 42.2 Å². The number of nitrogens with one attached hydrogen (secondary N) is 1. The Labute approximate surface area is 148 Å². The molecule has 0 radical (unpaired) electrons. The van der Waals surface area contributed by atoms with E-state index in [0.717, 1.165) is 12.0 Å². The minimum Gasteiger partial charge on any atom is -0.504 e. The van der Waals surface area contributed by atoms with E-state index in [4.69, 9.17) is 4.74 Å². The van der Waals surface area contributed by atoms with Crippen LogP contribution in [-0.4, -0.2) is 26.8 Å². The summed E-state index contributed by atoms with van der Waals surface area (Å²) in [5.41, 5.74) is 1.43. The van der Waals surface area contributed by atoms with E-state index in [0.29, 0.717) is 11.5 Å². The lowest BCUT2D eigenvalue weighted by Gasteiger charge is -2.10. The third kappa shape index (κ3) is 4.51. The molecule has 0 bridgehead atoms. The summed E-state index contributed by atoms with van der Waals surface area (Å²) in [6.07, 6.45) is 2.21. The number of phenolic OH excluding ortho intramolecular Hbond substituents is 1. The van der Waals surface area contributed by atoms with Gasteiger partial charge in [-0.15, -0.1) is 0 Å². The zero-order valence-electron chi connectivity index (χ0n) is 14.4. The largest absolute Gasteiger partial charge is 0.504 e. The highest BCUT2D eigenvalue weighted by Crippen LogP contribution is 2.28. The number of sulfonamides is 1. The normalized spacial score (nSPS) is 12.9. The molecule has 0 spiro atoms. The van der Waals surface area contributed by atoms with Crippen molar-refractivity contribution in [3.63, 3.8) is 0 Å². The van der Waals surface area contributed by atoms with Gasteiger partial charge in [0, 0.05) is 5.56 Å². The number of nitrogens with zero attached hydrogens (tertiary/aromatic N) is 1. The average Bonchev–Trinajstić information content (AvgIpc) is 2.62. The Balaban J connectivity index is 2.14. The number of para-hydroxylation sites is 1. The Hall–Kier alpha value is -2.54. The SMILES string of the molecule is CC[C@@H](C)c1ccc(S(=O)(=O)N/N=C\c2cccc(OC)c2O)cc1. The molecule has 2 aromatic carbocycles. The minimum absolute atomic E-state index is 0.106. The first-order chi connectivity index (χ1) is 11.9. The van der Waals surface area contributed by atoms with Gasteiger partial charge >= 0.3 is 0 Å². The molecule has 0 saturated carbocycles. The van der Waals surface area contributed by atoms with Gasteiger partial charge in [0.05, 0.1) is 18.2 Å². The van der Waals surface area contributed by atoms with Crippen molar-refractivity contribution in [3.05, 3.63) is 53.6 Å². The van der Waals surface area contributed by atoms with Crippen LogP contribution < -0.4 is 9.57 Å². The predicted molar refractivity (Wildman–Crippen MR) is 97.7 cm³/mol. The molecule has 0 amide bonds. The van der Waals surface area contributed by atoms with E-state index in [2.05, 4.69) is 23.8 Å². The second-order valence-corrected chi connectivity index (χ2v) is 7.29. The Bertz CT molecular complexity index is 846. The summed E-state index contributed by atoms with van der Waals surface area (Å²) in [6, 6.07) is 11.6. The van der Waals surface area contributed by atoms with Crippen LogP contribution in [0.1, 0.15) is 37.3 Å². The van der Waals surface area contributed by atoms with Gasteiger partial charge in [0.15, 0.2) is 11.5 Å². The first-order valence-corrected chi connectivity index (χ1v) is 9.38. The molecule has 0 aromatic heterocycles. The van der Waals surface area contributed by atoms with Gasteiger partial charge < -0.3 is 9.84 Å². The molecule has 0 unspecified atom stereocenters. The zero-order chi connectivity index (χ0) is 18.4. The van der Waals surface area contributed by atoms with Crippen LogP contribution in [0.25, 0.3) is 0 Å². The van der Waals surface area contributed by atoms with Crippen LogP contribution in [0.15, 0.2) is 52.5 Å². The van der Waals surface area contributed by atoms with Crippen molar-refractivity contribution in [1.29, 1.82) is 0 Å². The fourth-order valence-corrected chi connectivity index (χ4v) is 3.03. The molecule has 25 heavy (non-hydrogen) atoms. The number of phenols is 1. The van der Waals surface area contributed by atoms with Gasteiger partial charge in [0.2, 0.25) is 0 Å². The molecule has 0 saturated heterocycles. The summed E-state index contributed by atoms with van der Waals surface area (Å²) in [5.74, 6) is 0.553. The molecule has 0 aliphatic rings. The summed E-state index contributed by atoms with van der Waals surface area (Å²) in [7, 11) is -2.34. The number of hydrogen-bond acceptors (Lipinski definition) is 5. The van der Waals surface area contributed by atoms with Crippen LogP contribution in [0.3, 0.4) is 0 Å². The molecule has 1 atom stereocenters. The van der Waals surface area contributed by atoms with Gasteiger partial charge in [-0.2, -0.15) is 13.5 Å². The smallest absolute Gasteiger partial charge is 0.276 e. The Morgan fingerprint density at radius 3 is 2.52 bits per heavy atom. The summed E-state index contributed by atoms with van der Waals surface area (Å²) in [5, 5.41) is 13.7. The fraction of sp³-hybridized carbons (Fsp3) is 0.278. The third-order valence-corrected chi connectivity index (χ3v) is 5.24. The first-order valence-electron chi connectivity index (χ1n) is 7.89. The van der Waals surface area contributed by atoms with Crippen molar-refractivity contribution in [2.45, 2.75) is 31.1 Å². The van der Waals surface area contributed by atoms with E-state index >= 15 is 0 Å². The fourth-order valence-electron chi connectivity index (χ4n) is 2.24. The highest BCUT2D eigenvalue weighted by Gasteiger charge is 2.13. The van der Waals surface area contributed by atoms with Crippen LogP contribution in [0.5, 0.6) is 11.5 Å². The second kappa shape index (κ2) is 8.02. The van der Waals surface area contributed by atoms with Crippen molar-refractivity contribution >= 4 is 16.2 Å². The molecule has 6 nitrogen and oxygen atoms in total. The second-order valence-electron chi connectivity index (χ2n) is 5.63. The molecule has 0 aliphatic carbocycles. The van der Waals surface area contributed by atoms with E-state index < -0.39 is 10.0 Å². The highest BCUT2D eigenvalue weighted by molar-refractivity contribution is 7.89. The van der Waals surface area contributed by atoms with Gasteiger partial charge in [0.1, 0.15) is 0 Å². The van der Waals surface area contributed by atoms with Crippen molar-refractivity contribution < 1.29 is 18.3 Å². The molecule has 2 aromatic rings. The highest BCUT2D eigenvalue weighted by atomic mass is 32.2. The maximum Gasteiger partial charge on any atom is 0.276 e. The summed E-state index contributed by atoms with van der Waals surface area (Å²) < 4.78 is 29.5. The Kier molecular flexibility index (Phi) is 6.03. The minimum atomic E-state index is -3.77. The lowest BCUT2D eigenvalue weighted by Crippen LogP contribution is -2.18. The lowest BCUT2D eigenvalue weighted by atomic mass is 9.99. The number of methoxy groups -OCH3 is 1.